The Labute approximate surface area is 786 Å². The summed E-state index contributed by atoms with van der Waals surface area (Å²) in [6.07, 6.45) is 36.5. The molecule has 0 bridgehead atoms. The molecule has 12 aliphatic rings. The van der Waals surface area contributed by atoms with Crippen LogP contribution in [-0.2, 0) is 80.7 Å². The van der Waals surface area contributed by atoms with Gasteiger partial charge in [-0.05, 0) is 239 Å². The number of hydrogen-bond acceptors (Lipinski definition) is 25. The lowest BCUT2D eigenvalue weighted by Gasteiger charge is -2.36. The van der Waals surface area contributed by atoms with Crippen molar-refractivity contribution in [3.05, 3.63) is 121 Å². The number of esters is 2. The van der Waals surface area contributed by atoms with Gasteiger partial charge in [0.05, 0.1) is 101 Å². The van der Waals surface area contributed by atoms with Crippen LogP contribution in [-0.4, -0.2) is 216 Å². The number of primary sulfonamides is 1. The number of imidazole rings is 2. The predicted octanol–water partition coefficient (Wildman–Crippen LogP) is 14.3. The summed E-state index contributed by atoms with van der Waals surface area (Å²) in [5, 5.41) is 17.0. The van der Waals surface area contributed by atoms with Crippen molar-refractivity contribution in [1.82, 2.24) is 48.5 Å². The molecular formula is C100H134N12O20S2. The van der Waals surface area contributed by atoms with E-state index in [9.17, 15) is 65.1 Å². The molecule has 34 heteroatoms. The van der Waals surface area contributed by atoms with E-state index in [1.54, 1.807) is 104 Å². The van der Waals surface area contributed by atoms with E-state index in [-0.39, 0.29) is 92.9 Å². The number of ketones is 2. The van der Waals surface area contributed by atoms with E-state index in [1.807, 2.05) is 74.5 Å². The van der Waals surface area contributed by atoms with Crippen LogP contribution in [0.2, 0.25) is 0 Å². The average molecular weight is 1890 g/mol. The van der Waals surface area contributed by atoms with Gasteiger partial charge in [-0.2, -0.15) is 0 Å². The summed E-state index contributed by atoms with van der Waals surface area (Å²) in [6.45, 7) is 21.7. The minimum atomic E-state index is -3.94. The number of amidine groups is 1. The Morgan fingerprint density at radius 1 is 0.575 bits per heavy atom. The van der Waals surface area contributed by atoms with Crippen molar-refractivity contribution in [1.29, 1.82) is 0 Å². The van der Waals surface area contributed by atoms with E-state index in [0.29, 0.717) is 93.6 Å². The van der Waals surface area contributed by atoms with Gasteiger partial charge in [-0.1, -0.05) is 56.4 Å². The zero-order valence-corrected chi connectivity index (χ0v) is 81.4. The van der Waals surface area contributed by atoms with Crippen molar-refractivity contribution >= 4 is 101 Å². The summed E-state index contributed by atoms with van der Waals surface area (Å²) in [5.74, 6) is -1.51. The Kier molecular flexibility index (Phi) is 29.7. The first-order chi connectivity index (χ1) is 63.4. The van der Waals surface area contributed by atoms with Crippen molar-refractivity contribution in [3.63, 3.8) is 0 Å². The number of fused-ring (bicyclic) bond motifs is 11. The monoisotopic (exact) mass is 1890 g/mol. The molecule has 2 spiro atoms. The molecule has 2 aromatic carbocycles. The molecule has 134 heavy (non-hydrogen) atoms. The van der Waals surface area contributed by atoms with Crippen molar-refractivity contribution in [2.75, 3.05) is 46.9 Å². The molecule has 0 radical (unpaired) electrons. The van der Waals surface area contributed by atoms with Crippen LogP contribution in [0.5, 0.6) is 23.0 Å². The number of Topliss-reactive ketones (excluding diaryl/α,β-unsaturated/α-hetero) is 2. The molecule has 3 amide bonds. The van der Waals surface area contributed by atoms with Crippen LogP contribution >= 0.6 is 0 Å². The smallest absolute Gasteiger partial charge is 0.338 e. The van der Waals surface area contributed by atoms with Crippen LogP contribution in [0.4, 0.5) is 4.79 Å². The molecule has 18 rings (SSSR count). The quantitative estimate of drug-likeness (QED) is 0.0801. The lowest BCUT2D eigenvalue weighted by atomic mass is 9.85. The standard InChI is InChI=1S/C42H55N3O9S.C38H48N2O8.C9H16N2.C7H6N4O.C4H9NO2S/c1-26-36-30(31-21-29(52-6)14-15-32(31)43-26)16-17-41(54-36)23-33-34(46)24-42(38(49)44-55(50,51)40(5)18-19-40)22-28(42)13-11-9-7-8-10-12-27(37(48)45(33)25-41)20-35(47)53-39(2,3)4;1-23-33-27(28-18-26(46-5)13-14-29(28)39-23)15-16-37(48-33)20-30-31(41)21-38(35(44)45)19-25(38)12-10-8-6-7-9-11-24(34(43)40(30)22-37)17-32(42)47-36(2,3)4;1-2-5-9-10-6-4-8-11(9)7-3-1;12-7(10-3-1-8-5-10)11-4-2-9-6-11;1-4(2-3-4)8(5,6)7/h11,13-15,21,27-28,33H,7-10,12,16-20,22-25H2,1-6H3,(H,44,49);10,12-14,18,24-25,30H,6-9,11,15-17,19-22H2,1-5H3,(H,44,45);1-8H2;1-6H;2-3H2,1H3,(H2,5,6,7)/b13-11-;12-10-;;;/t27-,28-,33+,41-,42-;24-,25-,30+,37-,38-;;;/m11.../s1. The van der Waals surface area contributed by atoms with Gasteiger partial charge in [0.25, 0.3) is 0 Å². The van der Waals surface area contributed by atoms with Gasteiger partial charge in [-0.3, -0.25) is 57.2 Å². The predicted molar refractivity (Wildman–Crippen MR) is 503 cm³/mol. The molecule has 10 atom stereocenters. The fourth-order valence-corrected chi connectivity index (χ4v) is 22.2. The summed E-state index contributed by atoms with van der Waals surface area (Å²) in [5.41, 5.74) is -0.519. The van der Waals surface area contributed by atoms with E-state index in [0.717, 1.165) is 109 Å². The van der Waals surface area contributed by atoms with Crippen molar-refractivity contribution < 1.29 is 93.5 Å². The molecule has 6 aromatic rings. The number of carboxylic acid groups (broad SMARTS) is 1. The lowest BCUT2D eigenvalue weighted by Crippen LogP contribution is -2.48. The maximum atomic E-state index is 14.8. The third-order valence-electron chi connectivity index (χ3n) is 28.8. The number of aryl methyl sites for hydroxylation is 4. The number of nitrogens with zero attached hydrogens (tertiary/aromatic N) is 10. The Morgan fingerprint density at radius 2 is 1.03 bits per heavy atom. The Morgan fingerprint density at radius 3 is 1.46 bits per heavy atom. The molecule has 4 N–H and O–H groups in total. The second-order valence-electron chi connectivity index (χ2n) is 41.4. The normalized spacial score (nSPS) is 27.5. The fourth-order valence-electron chi connectivity index (χ4n) is 20.2. The molecule has 7 fully saturated rings. The second-order valence-corrected chi connectivity index (χ2v) is 45.7. The van der Waals surface area contributed by atoms with Crippen molar-refractivity contribution in [2.24, 2.45) is 44.6 Å². The van der Waals surface area contributed by atoms with Gasteiger partial charge in [0.1, 0.15) is 58.1 Å². The topological polar surface area (TPSA) is 419 Å². The molecule has 4 aromatic heterocycles. The number of pyridine rings is 2. The number of aliphatic carboxylic acids is 1. The number of benzene rings is 2. The zero-order chi connectivity index (χ0) is 96.3. The van der Waals surface area contributed by atoms with Crippen molar-refractivity contribution in [3.8, 4) is 23.0 Å². The minimum absolute atomic E-state index is 0.0813. The summed E-state index contributed by atoms with van der Waals surface area (Å²) < 4.78 is 87.1. The van der Waals surface area contributed by atoms with E-state index in [1.165, 1.54) is 72.8 Å². The number of carbonyl (C=O) groups is 9. The van der Waals surface area contributed by atoms with Crippen LogP contribution < -0.4 is 28.8 Å². The highest BCUT2D eigenvalue weighted by Gasteiger charge is 2.65. The molecule has 32 nitrogen and oxygen atoms in total. The van der Waals surface area contributed by atoms with Gasteiger partial charge < -0.3 is 48.2 Å². The number of aromatic nitrogens is 6. The molecule has 726 valence electrons. The van der Waals surface area contributed by atoms with Gasteiger partial charge in [-0.25, -0.2) is 46.7 Å². The second kappa shape index (κ2) is 40.1. The summed E-state index contributed by atoms with van der Waals surface area (Å²) in [7, 11) is -3.93. The van der Waals surface area contributed by atoms with Crippen LogP contribution in [0, 0.1) is 48.3 Å². The Hall–Kier alpha value is -10.5. The number of ether oxygens (including phenoxy) is 6. The highest BCUT2D eigenvalue weighted by molar-refractivity contribution is 7.91. The maximum Gasteiger partial charge on any atom is 0.338 e. The van der Waals surface area contributed by atoms with Crippen LogP contribution in [0.1, 0.15) is 264 Å². The molecule has 3 saturated heterocycles. The molecule has 4 aliphatic carbocycles. The van der Waals surface area contributed by atoms with Gasteiger partial charge in [0, 0.05) is 110 Å². The minimum Gasteiger partial charge on any atom is -0.497 e. The SMILES string of the molecule is C1CCC2=NCCCN2CC1.CC1(S(N)(=O)=O)CC1.COc1ccc2nc(C)c3c(c2c1)CC[C@]1(C[C@H]2C(=O)C[C@]4(C(=O)NS(=O)(=O)C5(C)CC5)C[C@H]4/C=C\CCCCC[C@H](CC(=O)OC(C)(C)C)C(=O)N2C1)O3.COc1ccc2nc(C)c3c(c2c1)CC[C@]1(C[C@H]2C(=O)C[C@]4(C(=O)O)C[C@H]4/C=C\CCCCC[C@H](CC(=O)OC(C)(C)C)C(=O)N2C1)O3.O=C(n1ccnc1)n1ccnc1. The van der Waals surface area contributed by atoms with E-state index >= 15 is 0 Å². The first kappa shape index (κ1) is 99.5. The van der Waals surface area contributed by atoms with Gasteiger partial charge in [-0.15, -0.1) is 0 Å². The van der Waals surface area contributed by atoms with Gasteiger partial charge in [0.15, 0.2) is 11.6 Å². The van der Waals surface area contributed by atoms with Crippen LogP contribution in [0.3, 0.4) is 0 Å². The number of sulfonamides is 2. The number of carboxylic acids is 1. The highest BCUT2D eigenvalue weighted by Crippen LogP contribution is 2.60. The number of rotatable bonds is 11. The number of carbonyl (C=O) groups excluding carboxylic acids is 8. The first-order valence-electron chi connectivity index (χ1n) is 47.8. The van der Waals surface area contributed by atoms with Crippen molar-refractivity contribution in [2.45, 2.75) is 312 Å². The Balaban J connectivity index is 0.000000162. The lowest BCUT2D eigenvalue weighted by molar-refractivity contribution is -0.159. The Bertz CT molecular complexity index is 5720. The van der Waals surface area contributed by atoms with E-state index in [4.69, 9.17) is 43.5 Å². The number of nitrogens with two attached hydrogens (primary N) is 1. The summed E-state index contributed by atoms with van der Waals surface area (Å²) in [4.78, 5) is 150. The molecule has 8 aliphatic heterocycles. The summed E-state index contributed by atoms with van der Waals surface area (Å²) >= 11 is 0. The largest absolute Gasteiger partial charge is 0.497 e. The van der Waals surface area contributed by atoms with Gasteiger partial charge >= 0.3 is 23.9 Å². The number of amides is 3. The first-order valence-corrected chi connectivity index (χ1v) is 50.8. The number of methoxy groups -OCH3 is 2. The highest BCUT2D eigenvalue weighted by atomic mass is 32.2. The molecular weight excluding hydrogens is 1750 g/mol. The number of nitrogens with one attached hydrogen (secondary N) is 1. The van der Waals surface area contributed by atoms with E-state index < -0.39 is 111 Å². The van der Waals surface area contributed by atoms with Gasteiger partial charge in [0.2, 0.25) is 37.8 Å². The third-order valence-corrected chi connectivity index (χ3v) is 32.8. The number of hydrogen-bond donors (Lipinski definition) is 3. The fraction of sp³-hybridized carbons (Fsp3) is 0.620. The van der Waals surface area contributed by atoms with Crippen LogP contribution in [0.25, 0.3) is 21.8 Å². The third kappa shape index (κ3) is 22.9. The number of aliphatic imine (C=N–C) groups is 1. The average Bonchev–Trinajstić information content (AvgIpc) is 1.65. The zero-order valence-electron chi connectivity index (χ0n) is 79.7. The van der Waals surface area contributed by atoms with Crippen LogP contribution in [0.15, 0.2) is 103 Å². The maximum absolute atomic E-state index is 14.8. The number of allylic oxidation sites excluding steroid dienone is 4. The van der Waals surface area contributed by atoms with E-state index in [2.05, 4.69) is 24.6 Å². The molecule has 0 unspecified atom stereocenters. The molecule has 4 saturated carbocycles. The molecule has 12 heterocycles. The summed E-state index contributed by atoms with van der Waals surface area (Å²) in [6, 6.07) is 9.51.